The second kappa shape index (κ2) is 13.4. The van der Waals surface area contributed by atoms with Gasteiger partial charge < -0.3 is 19.9 Å². The summed E-state index contributed by atoms with van der Waals surface area (Å²) < 4.78 is 17.3. The SMILES string of the molecule is CCCCCCOc1ccc(OCCOc2ccccc2/C=N\NC(N)=S)cc1. The van der Waals surface area contributed by atoms with E-state index in [9.17, 15) is 0 Å². The van der Waals surface area contributed by atoms with Crippen LogP contribution in [-0.4, -0.2) is 31.1 Å². The van der Waals surface area contributed by atoms with Crippen molar-refractivity contribution in [2.24, 2.45) is 10.8 Å². The summed E-state index contributed by atoms with van der Waals surface area (Å²) >= 11 is 4.72. The minimum absolute atomic E-state index is 0.112. The van der Waals surface area contributed by atoms with E-state index in [4.69, 9.17) is 32.2 Å². The first-order chi connectivity index (χ1) is 14.2. The Morgan fingerprint density at radius 1 is 0.931 bits per heavy atom. The Bertz CT molecular complexity index is 766. The number of hydrogen-bond donors (Lipinski definition) is 2. The molecular weight excluding hydrogens is 386 g/mol. The molecule has 0 radical (unpaired) electrons. The fourth-order valence-corrected chi connectivity index (χ4v) is 2.60. The summed E-state index contributed by atoms with van der Waals surface area (Å²) in [5.74, 6) is 2.35. The Morgan fingerprint density at radius 3 is 2.28 bits per heavy atom. The lowest BCUT2D eigenvalue weighted by Crippen LogP contribution is -2.24. The number of ether oxygens (including phenoxy) is 3. The van der Waals surface area contributed by atoms with Crippen molar-refractivity contribution in [1.29, 1.82) is 0 Å². The van der Waals surface area contributed by atoms with Crippen molar-refractivity contribution in [3.8, 4) is 17.2 Å². The number of benzene rings is 2. The third-order valence-corrected chi connectivity index (χ3v) is 4.09. The van der Waals surface area contributed by atoms with Gasteiger partial charge >= 0.3 is 0 Å². The molecule has 0 heterocycles. The third-order valence-electron chi connectivity index (χ3n) is 4.00. The zero-order valence-corrected chi connectivity index (χ0v) is 17.6. The molecule has 0 unspecified atom stereocenters. The van der Waals surface area contributed by atoms with Crippen molar-refractivity contribution in [2.75, 3.05) is 19.8 Å². The van der Waals surface area contributed by atoms with Crippen LogP contribution in [0.25, 0.3) is 0 Å². The van der Waals surface area contributed by atoms with Gasteiger partial charge in [-0.3, -0.25) is 5.43 Å². The van der Waals surface area contributed by atoms with E-state index in [-0.39, 0.29) is 5.11 Å². The summed E-state index contributed by atoms with van der Waals surface area (Å²) in [6, 6.07) is 15.2. The number of nitrogens with two attached hydrogens (primary N) is 1. The van der Waals surface area contributed by atoms with Gasteiger partial charge in [-0.05, 0) is 55.0 Å². The predicted molar refractivity (Wildman–Crippen MR) is 121 cm³/mol. The molecule has 0 saturated carbocycles. The Hall–Kier alpha value is -2.80. The molecule has 0 aromatic heterocycles. The van der Waals surface area contributed by atoms with Gasteiger partial charge in [0, 0.05) is 5.56 Å². The predicted octanol–water partition coefficient (Wildman–Crippen LogP) is 4.27. The molecule has 0 bridgehead atoms. The van der Waals surface area contributed by atoms with Crippen molar-refractivity contribution in [1.82, 2.24) is 5.43 Å². The third kappa shape index (κ3) is 9.30. The number of thiocarbonyl (C=S) groups is 1. The number of unbranched alkanes of at least 4 members (excludes halogenated alkanes) is 3. The Balaban J connectivity index is 1.71. The highest BCUT2D eigenvalue weighted by Crippen LogP contribution is 2.19. The smallest absolute Gasteiger partial charge is 0.184 e. The molecule has 0 amide bonds. The Kier molecular flexibility index (Phi) is 10.4. The maximum Gasteiger partial charge on any atom is 0.184 e. The van der Waals surface area contributed by atoms with E-state index < -0.39 is 0 Å². The van der Waals surface area contributed by atoms with E-state index >= 15 is 0 Å². The van der Waals surface area contributed by atoms with Gasteiger partial charge in [-0.15, -0.1) is 0 Å². The summed E-state index contributed by atoms with van der Waals surface area (Å²) in [6.07, 6.45) is 6.40. The quantitative estimate of drug-likeness (QED) is 0.220. The minimum atomic E-state index is 0.112. The maximum absolute atomic E-state index is 5.79. The van der Waals surface area contributed by atoms with E-state index in [2.05, 4.69) is 17.5 Å². The second-order valence-corrected chi connectivity index (χ2v) is 6.79. The molecule has 6 nitrogen and oxygen atoms in total. The molecule has 0 atom stereocenters. The molecule has 2 aromatic carbocycles. The van der Waals surface area contributed by atoms with Crippen LogP contribution in [0.5, 0.6) is 17.2 Å². The van der Waals surface area contributed by atoms with Crippen LogP contribution in [0.3, 0.4) is 0 Å². The highest BCUT2D eigenvalue weighted by Gasteiger charge is 2.02. The number of para-hydroxylation sites is 1. The molecule has 0 aliphatic carbocycles. The van der Waals surface area contributed by atoms with Gasteiger partial charge in [-0.1, -0.05) is 38.3 Å². The van der Waals surface area contributed by atoms with Crippen LogP contribution in [0.15, 0.2) is 53.6 Å². The molecule has 0 fully saturated rings. The van der Waals surface area contributed by atoms with Gasteiger partial charge in [0.15, 0.2) is 5.11 Å². The number of hydrazone groups is 1. The lowest BCUT2D eigenvalue weighted by Gasteiger charge is -2.11. The zero-order chi connectivity index (χ0) is 20.7. The van der Waals surface area contributed by atoms with Crippen molar-refractivity contribution in [3.05, 3.63) is 54.1 Å². The normalized spacial score (nSPS) is 10.7. The van der Waals surface area contributed by atoms with E-state index in [1.807, 2.05) is 48.5 Å². The topological polar surface area (TPSA) is 78.1 Å². The number of rotatable bonds is 13. The van der Waals surface area contributed by atoms with E-state index in [1.165, 1.54) is 19.3 Å². The highest BCUT2D eigenvalue weighted by atomic mass is 32.1. The first-order valence-electron chi connectivity index (χ1n) is 9.85. The molecule has 2 rings (SSSR count). The molecule has 0 saturated heterocycles. The zero-order valence-electron chi connectivity index (χ0n) is 16.8. The van der Waals surface area contributed by atoms with Crippen LogP contribution < -0.4 is 25.4 Å². The van der Waals surface area contributed by atoms with Gasteiger partial charge in [-0.25, -0.2) is 0 Å². The average molecular weight is 416 g/mol. The van der Waals surface area contributed by atoms with Gasteiger partial charge in [0.25, 0.3) is 0 Å². The summed E-state index contributed by atoms with van der Waals surface area (Å²) in [4.78, 5) is 0. The standard InChI is InChI=1S/C22H29N3O3S/c1-2-3-4-7-14-26-19-10-12-20(13-11-19)27-15-16-28-21-9-6-5-8-18(21)17-24-25-22(23)29/h5-6,8-13,17H,2-4,7,14-16H2,1H3,(H3,23,25,29)/b24-17-. The van der Waals surface area contributed by atoms with Gasteiger partial charge in [0.05, 0.1) is 12.8 Å². The lowest BCUT2D eigenvalue weighted by atomic mass is 10.2. The van der Waals surface area contributed by atoms with Crippen LogP contribution in [0.2, 0.25) is 0 Å². The molecule has 3 N–H and O–H groups in total. The van der Waals surface area contributed by atoms with E-state index in [1.54, 1.807) is 6.21 Å². The summed E-state index contributed by atoms with van der Waals surface area (Å²) in [5, 5.41) is 4.07. The second-order valence-electron chi connectivity index (χ2n) is 6.35. The molecular formula is C22H29N3O3S. The number of nitrogens with zero attached hydrogens (tertiary/aromatic N) is 1. The van der Waals surface area contributed by atoms with Crippen molar-refractivity contribution in [3.63, 3.8) is 0 Å². The molecule has 7 heteroatoms. The van der Waals surface area contributed by atoms with Crippen molar-refractivity contribution < 1.29 is 14.2 Å². The largest absolute Gasteiger partial charge is 0.494 e. The highest BCUT2D eigenvalue weighted by molar-refractivity contribution is 7.80. The van der Waals surface area contributed by atoms with Crippen LogP contribution in [0, 0.1) is 0 Å². The Morgan fingerprint density at radius 2 is 1.59 bits per heavy atom. The summed E-state index contributed by atoms with van der Waals surface area (Å²) in [6.45, 7) is 3.79. The van der Waals surface area contributed by atoms with Crippen LogP contribution >= 0.6 is 12.2 Å². The van der Waals surface area contributed by atoms with Gasteiger partial charge in [-0.2, -0.15) is 5.10 Å². The Labute approximate surface area is 178 Å². The maximum atomic E-state index is 5.79. The fourth-order valence-electron chi connectivity index (χ4n) is 2.55. The van der Waals surface area contributed by atoms with Crippen LogP contribution in [0.1, 0.15) is 38.2 Å². The van der Waals surface area contributed by atoms with Crippen LogP contribution in [0.4, 0.5) is 0 Å². The molecule has 2 aromatic rings. The molecule has 0 aliphatic heterocycles. The molecule has 29 heavy (non-hydrogen) atoms. The average Bonchev–Trinajstić information content (AvgIpc) is 2.73. The summed E-state index contributed by atoms with van der Waals surface area (Å²) in [7, 11) is 0. The molecule has 0 spiro atoms. The van der Waals surface area contributed by atoms with Gasteiger partial charge in [0.1, 0.15) is 30.5 Å². The van der Waals surface area contributed by atoms with Gasteiger partial charge in [0.2, 0.25) is 0 Å². The van der Waals surface area contributed by atoms with E-state index in [0.717, 1.165) is 30.1 Å². The minimum Gasteiger partial charge on any atom is -0.494 e. The number of nitrogens with one attached hydrogen (secondary N) is 1. The van der Waals surface area contributed by atoms with Crippen LogP contribution in [-0.2, 0) is 0 Å². The summed E-state index contributed by atoms with van der Waals surface area (Å²) in [5.41, 5.74) is 8.69. The first-order valence-corrected chi connectivity index (χ1v) is 10.3. The van der Waals surface area contributed by atoms with Crippen molar-refractivity contribution in [2.45, 2.75) is 32.6 Å². The molecule has 156 valence electrons. The molecule has 0 aliphatic rings. The van der Waals surface area contributed by atoms with Crippen molar-refractivity contribution >= 4 is 23.5 Å². The van der Waals surface area contributed by atoms with E-state index in [0.29, 0.717) is 19.0 Å². The monoisotopic (exact) mass is 415 g/mol. The fraction of sp³-hybridized carbons (Fsp3) is 0.364. The lowest BCUT2D eigenvalue weighted by molar-refractivity contribution is 0.216. The number of hydrogen-bond acceptors (Lipinski definition) is 5. The first kappa shape index (κ1) is 22.5.